The third-order valence-corrected chi connectivity index (χ3v) is 4.55. The summed E-state index contributed by atoms with van der Waals surface area (Å²) in [6.07, 6.45) is 7.34. The molecule has 0 spiro atoms. The first-order valence-corrected chi connectivity index (χ1v) is 8.00. The van der Waals surface area contributed by atoms with Crippen molar-refractivity contribution in [3.8, 4) is 0 Å². The minimum Gasteiger partial charge on any atom is -0.356 e. The van der Waals surface area contributed by atoms with Crippen molar-refractivity contribution in [3.05, 3.63) is 23.4 Å². The number of hydrogen-bond donors (Lipinski definition) is 1. The predicted molar refractivity (Wildman–Crippen MR) is 86.2 cm³/mol. The summed E-state index contributed by atoms with van der Waals surface area (Å²) in [7, 11) is 2.21. The fourth-order valence-electron chi connectivity index (χ4n) is 3.16. The van der Waals surface area contributed by atoms with Crippen LogP contribution in [0.5, 0.6) is 0 Å². The first-order chi connectivity index (χ1) is 9.61. The zero-order valence-electron chi connectivity index (χ0n) is 13.4. The number of anilines is 1. The Morgan fingerprint density at radius 3 is 2.60 bits per heavy atom. The summed E-state index contributed by atoms with van der Waals surface area (Å²) in [6.45, 7) is 8.59. The molecule has 20 heavy (non-hydrogen) atoms. The molecule has 3 nitrogen and oxygen atoms in total. The molecular weight excluding hydrogens is 246 g/mol. The second-order valence-electron chi connectivity index (χ2n) is 6.29. The Morgan fingerprint density at radius 2 is 2.00 bits per heavy atom. The van der Waals surface area contributed by atoms with E-state index >= 15 is 0 Å². The zero-order chi connectivity index (χ0) is 14.5. The minimum absolute atomic E-state index is 0.664. The van der Waals surface area contributed by atoms with E-state index in [0.717, 1.165) is 24.8 Å². The molecule has 1 heterocycles. The van der Waals surface area contributed by atoms with Gasteiger partial charge in [-0.1, -0.05) is 13.8 Å². The van der Waals surface area contributed by atoms with Crippen LogP contribution in [0.4, 0.5) is 5.82 Å². The van der Waals surface area contributed by atoms with Gasteiger partial charge >= 0.3 is 0 Å². The van der Waals surface area contributed by atoms with Crippen LogP contribution >= 0.6 is 0 Å². The van der Waals surface area contributed by atoms with Gasteiger partial charge in [0, 0.05) is 25.8 Å². The lowest BCUT2D eigenvalue weighted by molar-refractivity contribution is 0.340. The lowest BCUT2D eigenvalue weighted by Gasteiger charge is -2.35. The Morgan fingerprint density at radius 1 is 1.30 bits per heavy atom. The lowest BCUT2D eigenvalue weighted by atomic mass is 9.86. The quantitative estimate of drug-likeness (QED) is 0.891. The summed E-state index contributed by atoms with van der Waals surface area (Å²) in [5.74, 6) is 2.06. The maximum absolute atomic E-state index is 4.71. The highest BCUT2D eigenvalue weighted by Gasteiger charge is 2.23. The number of hydrogen-bond acceptors (Lipinski definition) is 3. The van der Waals surface area contributed by atoms with E-state index in [4.69, 9.17) is 4.98 Å². The van der Waals surface area contributed by atoms with Gasteiger partial charge in [0.25, 0.3) is 0 Å². The number of nitrogens with one attached hydrogen (secondary N) is 1. The molecule has 3 heteroatoms. The van der Waals surface area contributed by atoms with Gasteiger partial charge in [-0.25, -0.2) is 4.98 Å². The third kappa shape index (κ3) is 3.72. The fraction of sp³-hybridized carbons (Fsp3) is 0.706. The van der Waals surface area contributed by atoms with E-state index in [9.17, 15) is 0 Å². The van der Waals surface area contributed by atoms with Gasteiger partial charge in [0.1, 0.15) is 5.82 Å². The van der Waals surface area contributed by atoms with Gasteiger partial charge in [-0.15, -0.1) is 0 Å². The van der Waals surface area contributed by atoms with E-state index in [2.05, 4.69) is 44.1 Å². The van der Waals surface area contributed by atoms with Crippen molar-refractivity contribution in [2.75, 3.05) is 18.5 Å². The molecule has 1 aliphatic carbocycles. The smallest absolute Gasteiger partial charge is 0.131 e. The number of aromatic nitrogens is 1. The van der Waals surface area contributed by atoms with Crippen molar-refractivity contribution in [2.24, 2.45) is 5.92 Å². The molecule has 112 valence electrons. The van der Waals surface area contributed by atoms with Crippen molar-refractivity contribution in [2.45, 2.75) is 59.0 Å². The molecular formula is C17H29N3. The van der Waals surface area contributed by atoms with Crippen LogP contribution in [0.25, 0.3) is 0 Å². The topological polar surface area (TPSA) is 28.2 Å². The molecule has 1 N–H and O–H groups in total. The van der Waals surface area contributed by atoms with E-state index in [0.29, 0.717) is 6.04 Å². The molecule has 2 rings (SSSR count). The van der Waals surface area contributed by atoms with Crippen molar-refractivity contribution >= 4 is 5.82 Å². The Balaban J connectivity index is 2.04. The molecule has 1 saturated carbocycles. The highest BCUT2D eigenvalue weighted by Crippen LogP contribution is 2.29. The second kappa shape index (κ2) is 7.07. The molecule has 0 bridgehead atoms. The maximum Gasteiger partial charge on any atom is 0.131 e. The molecule has 0 aliphatic heterocycles. The molecule has 1 aromatic heterocycles. The monoisotopic (exact) mass is 275 g/mol. The molecule has 0 radical (unpaired) electrons. The van der Waals surface area contributed by atoms with Gasteiger partial charge in [0.05, 0.1) is 0 Å². The summed E-state index contributed by atoms with van der Waals surface area (Å²) < 4.78 is 0. The first-order valence-electron chi connectivity index (χ1n) is 8.00. The van der Waals surface area contributed by atoms with Crippen molar-refractivity contribution < 1.29 is 0 Å². The van der Waals surface area contributed by atoms with Gasteiger partial charge in [0.15, 0.2) is 0 Å². The van der Waals surface area contributed by atoms with Crippen LogP contribution in [0.15, 0.2) is 12.3 Å². The maximum atomic E-state index is 4.71. The van der Waals surface area contributed by atoms with Crippen LogP contribution < -0.4 is 10.2 Å². The lowest BCUT2D eigenvalue weighted by Crippen LogP contribution is -2.35. The van der Waals surface area contributed by atoms with Gasteiger partial charge < -0.3 is 10.2 Å². The number of pyridine rings is 1. The molecule has 0 unspecified atom stereocenters. The number of nitrogens with zero attached hydrogens (tertiary/aromatic N) is 2. The Hall–Kier alpha value is -1.09. The zero-order valence-corrected chi connectivity index (χ0v) is 13.4. The van der Waals surface area contributed by atoms with Crippen molar-refractivity contribution in [1.29, 1.82) is 0 Å². The highest BCUT2D eigenvalue weighted by molar-refractivity contribution is 5.47. The SMILES string of the molecule is CCNCc1cnc(N(C)C2CCC(C)CC2)c(C)c1. The number of rotatable bonds is 5. The van der Waals surface area contributed by atoms with Crippen LogP contribution in [0.3, 0.4) is 0 Å². The van der Waals surface area contributed by atoms with Gasteiger partial charge in [-0.3, -0.25) is 0 Å². The van der Waals surface area contributed by atoms with E-state index in [1.54, 1.807) is 0 Å². The Bertz CT molecular complexity index is 422. The minimum atomic E-state index is 0.664. The van der Waals surface area contributed by atoms with Gasteiger partial charge in [0.2, 0.25) is 0 Å². The normalized spacial score (nSPS) is 22.8. The van der Waals surface area contributed by atoms with Crippen LogP contribution in [0.1, 0.15) is 50.7 Å². The van der Waals surface area contributed by atoms with E-state index in [1.807, 2.05) is 6.20 Å². The standard InChI is InChI=1S/C17H29N3/c1-5-18-11-15-10-14(3)17(19-12-15)20(4)16-8-6-13(2)7-9-16/h10,12-13,16,18H,5-9,11H2,1-4H3. The molecule has 0 saturated heterocycles. The third-order valence-electron chi connectivity index (χ3n) is 4.55. The first kappa shape index (κ1) is 15.3. The van der Waals surface area contributed by atoms with Crippen molar-refractivity contribution in [3.63, 3.8) is 0 Å². The van der Waals surface area contributed by atoms with Crippen molar-refractivity contribution in [1.82, 2.24) is 10.3 Å². The fourth-order valence-corrected chi connectivity index (χ4v) is 3.16. The average Bonchev–Trinajstić information content (AvgIpc) is 2.45. The summed E-state index contributed by atoms with van der Waals surface area (Å²) in [6, 6.07) is 2.93. The highest BCUT2D eigenvalue weighted by atomic mass is 15.2. The molecule has 0 amide bonds. The van der Waals surface area contributed by atoms with E-state index in [1.165, 1.54) is 36.8 Å². The van der Waals surface area contributed by atoms with E-state index in [-0.39, 0.29) is 0 Å². The van der Waals surface area contributed by atoms with Crippen LogP contribution in [-0.4, -0.2) is 24.6 Å². The Kier molecular flexibility index (Phi) is 5.41. The van der Waals surface area contributed by atoms with Crippen LogP contribution in [-0.2, 0) is 6.54 Å². The second-order valence-corrected chi connectivity index (χ2v) is 6.29. The summed E-state index contributed by atoms with van der Waals surface area (Å²) in [5.41, 5.74) is 2.57. The molecule has 1 fully saturated rings. The summed E-state index contributed by atoms with van der Waals surface area (Å²) in [5, 5.41) is 3.36. The van der Waals surface area contributed by atoms with Gasteiger partial charge in [-0.05, 0) is 62.3 Å². The predicted octanol–water partition coefficient (Wildman–Crippen LogP) is 3.51. The van der Waals surface area contributed by atoms with E-state index < -0.39 is 0 Å². The Labute approximate surface area is 123 Å². The average molecular weight is 275 g/mol. The number of aryl methyl sites for hydroxylation is 1. The molecule has 1 aliphatic rings. The summed E-state index contributed by atoms with van der Waals surface area (Å²) >= 11 is 0. The van der Waals surface area contributed by atoms with Crippen LogP contribution in [0, 0.1) is 12.8 Å². The molecule has 0 atom stereocenters. The summed E-state index contributed by atoms with van der Waals surface area (Å²) in [4.78, 5) is 7.11. The van der Waals surface area contributed by atoms with Crippen LogP contribution in [0.2, 0.25) is 0 Å². The molecule has 0 aromatic carbocycles. The van der Waals surface area contributed by atoms with Gasteiger partial charge in [-0.2, -0.15) is 0 Å². The molecule has 1 aromatic rings. The largest absolute Gasteiger partial charge is 0.356 e.